The summed E-state index contributed by atoms with van der Waals surface area (Å²) in [6, 6.07) is 12.0. The molecule has 0 spiro atoms. The van der Waals surface area contributed by atoms with Gasteiger partial charge in [0.2, 0.25) is 0 Å². The number of amidine groups is 1. The van der Waals surface area contributed by atoms with E-state index in [0.717, 1.165) is 18.1 Å². The van der Waals surface area contributed by atoms with Crippen molar-refractivity contribution in [1.29, 1.82) is 0 Å². The van der Waals surface area contributed by atoms with Crippen molar-refractivity contribution in [2.45, 2.75) is 20.4 Å². The van der Waals surface area contributed by atoms with Crippen LogP contribution >= 0.6 is 0 Å². The Morgan fingerprint density at radius 3 is 2.52 bits per heavy atom. The molecule has 21 heavy (non-hydrogen) atoms. The van der Waals surface area contributed by atoms with E-state index in [1.165, 1.54) is 11.1 Å². The number of aryl methyl sites for hydroxylation is 2. The van der Waals surface area contributed by atoms with Crippen LogP contribution in [-0.4, -0.2) is 23.1 Å². The molecule has 0 unspecified atom stereocenters. The van der Waals surface area contributed by atoms with Crippen molar-refractivity contribution < 1.29 is 5.21 Å². The third-order valence-corrected chi connectivity index (χ3v) is 3.27. The molecule has 0 aliphatic rings. The Labute approximate surface area is 124 Å². The predicted octanol–water partition coefficient (Wildman–Crippen LogP) is 2.43. The molecule has 0 bridgehead atoms. The lowest BCUT2D eigenvalue weighted by atomic mass is 10.1. The second kappa shape index (κ2) is 6.26. The summed E-state index contributed by atoms with van der Waals surface area (Å²) in [6.07, 6.45) is 0. The molecule has 0 atom stereocenters. The van der Waals surface area contributed by atoms with E-state index in [1.54, 1.807) is 6.07 Å². The fraction of sp³-hybridized carbons (Fsp3) is 0.250. The van der Waals surface area contributed by atoms with E-state index in [0.29, 0.717) is 5.56 Å². The van der Waals surface area contributed by atoms with Crippen LogP contribution in [0, 0.1) is 13.8 Å². The average Bonchev–Trinajstić information content (AvgIpc) is 2.48. The van der Waals surface area contributed by atoms with Crippen molar-refractivity contribution in [2.24, 2.45) is 10.9 Å². The van der Waals surface area contributed by atoms with E-state index in [4.69, 9.17) is 10.9 Å². The number of pyridine rings is 1. The van der Waals surface area contributed by atoms with Gasteiger partial charge in [-0.1, -0.05) is 35.0 Å². The summed E-state index contributed by atoms with van der Waals surface area (Å²) in [5.41, 5.74) is 9.59. The van der Waals surface area contributed by atoms with Gasteiger partial charge in [-0.25, -0.2) is 4.98 Å². The molecule has 0 fully saturated rings. The van der Waals surface area contributed by atoms with Gasteiger partial charge in [0.05, 0.1) is 0 Å². The van der Waals surface area contributed by atoms with E-state index >= 15 is 0 Å². The third-order valence-electron chi connectivity index (χ3n) is 3.27. The predicted molar refractivity (Wildman–Crippen MR) is 84.8 cm³/mol. The molecule has 1 aromatic heterocycles. The minimum absolute atomic E-state index is 0.0884. The molecule has 3 N–H and O–H groups in total. The zero-order valence-corrected chi connectivity index (χ0v) is 12.5. The van der Waals surface area contributed by atoms with E-state index in [-0.39, 0.29) is 5.84 Å². The summed E-state index contributed by atoms with van der Waals surface area (Å²) in [7, 11) is 1.97. The fourth-order valence-corrected chi connectivity index (χ4v) is 2.10. The van der Waals surface area contributed by atoms with E-state index in [1.807, 2.05) is 24.9 Å². The molecule has 2 aromatic rings. The Balaban J connectivity index is 2.24. The molecular formula is C16H20N4O. The molecule has 0 aliphatic heterocycles. The second-order valence-electron chi connectivity index (χ2n) is 5.18. The minimum Gasteiger partial charge on any atom is -0.409 e. The lowest BCUT2D eigenvalue weighted by Crippen LogP contribution is -2.20. The highest BCUT2D eigenvalue weighted by molar-refractivity contribution is 5.97. The summed E-state index contributed by atoms with van der Waals surface area (Å²) in [5, 5.41) is 11.8. The number of benzene rings is 1. The van der Waals surface area contributed by atoms with Gasteiger partial charge in [0.25, 0.3) is 0 Å². The normalized spacial score (nSPS) is 11.5. The van der Waals surface area contributed by atoms with Crippen LogP contribution in [0.2, 0.25) is 0 Å². The maximum atomic E-state index is 8.80. The van der Waals surface area contributed by atoms with Crippen LogP contribution in [-0.2, 0) is 6.54 Å². The number of aromatic nitrogens is 1. The first-order valence-electron chi connectivity index (χ1n) is 6.73. The van der Waals surface area contributed by atoms with Crippen LogP contribution in [0.1, 0.15) is 22.4 Å². The lowest BCUT2D eigenvalue weighted by Gasteiger charge is -2.19. The first-order valence-corrected chi connectivity index (χ1v) is 6.73. The summed E-state index contributed by atoms with van der Waals surface area (Å²) in [5.74, 6) is 0.877. The maximum Gasteiger partial charge on any atom is 0.170 e. The summed E-state index contributed by atoms with van der Waals surface area (Å²) in [4.78, 5) is 6.53. The average molecular weight is 284 g/mol. The Hall–Kier alpha value is -2.56. The van der Waals surface area contributed by atoms with Gasteiger partial charge in [-0.3, -0.25) is 0 Å². The topological polar surface area (TPSA) is 74.7 Å². The number of hydrogen-bond acceptors (Lipinski definition) is 4. The maximum absolute atomic E-state index is 8.80. The van der Waals surface area contributed by atoms with Crippen molar-refractivity contribution in [3.05, 3.63) is 58.8 Å². The van der Waals surface area contributed by atoms with Gasteiger partial charge >= 0.3 is 0 Å². The van der Waals surface area contributed by atoms with E-state index in [9.17, 15) is 0 Å². The molecule has 5 nitrogen and oxygen atoms in total. The monoisotopic (exact) mass is 284 g/mol. The zero-order chi connectivity index (χ0) is 15.4. The molecule has 0 radical (unpaired) electrons. The van der Waals surface area contributed by atoms with Crippen LogP contribution in [0.15, 0.2) is 41.6 Å². The highest BCUT2D eigenvalue weighted by Gasteiger charge is 2.08. The number of nitrogens with two attached hydrogens (primary N) is 1. The Morgan fingerprint density at radius 2 is 1.90 bits per heavy atom. The van der Waals surface area contributed by atoms with Gasteiger partial charge in [0.1, 0.15) is 5.82 Å². The number of oxime groups is 1. The van der Waals surface area contributed by atoms with Crippen molar-refractivity contribution >= 4 is 11.7 Å². The van der Waals surface area contributed by atoms with Crippen molar-refractivity contribution in [1.82, 2.24) is 4.98 Å². The largest absolute Gasteiger partial charge is 0.409 e. The molecule has 0 saturated heterocycles. The number of anilines is 1. The van der Waals surface area contributed by atoms with Gasteiger partial charge in [0, 0.05) is 24.8 Å². The minimum atomic E-state index is 0.0884. The van der Waals surface area contributed by atoms with Gasteiger partial charge in [-0.2, -0.15) is 0 Å². The Kier molecular flexibility index (Phi) is 4.42. The number of rotatable bonds is 4. The summed E-state index contributed by atoms with van der Waals surface area (Å²) in [6.45, 7) is 4.70. The Morgan fingerprint density at radius 1 is 1.24 bits per heavy atom. The van der Waals surface area contributed by atoms with E-state index in [2.05, 4.69) is 41.3 Å². The lowest BCUT2D eigenvalue weighted by molar-refractivity contribution is 0.318. The smallest absolute Gasteiger partial charge is 0.170 e. The first-order chi connectivity index (χ1) is 9.99. The van der Waals surface area contributed by atoms with E-state index < -0.39 is 0 Å². The van der Waals surface area contributed by atoms with Crippen LogP contribution in [0.4, 0.5) is 5.82 Å². The SMILES string of the molecule is Cc1ccc(CN(C)c2cc(/C(N)=N/O)cc(C)n2)cc1. The molecule has 5 heteroatoms. The highest BCUT2D eigenvalue weighted by atomic mass is 16.4. The molecule has 0 amide bonds. The molecule has 0 aliphatic carbocycles. The highest BCUT2D eigenvalue weighted by Crippen LogP contribution is 2.16. The summed E-state index contributed by atoms with van der Waals surface area (Å²) >= 11 is 0. The second-order valence-corrected chi connectivity index (χ2v) is 5.18. The Bertz CT molecular complexity index is 650. The molecule has 0 saturated carbocycles. The van der Waals surface area contributed by atoms with Gasteiger partial charge < -0.3 is 15.8 Å². The van der Waals surface area contributed by atoms with Crippen LogP contribution < -0.4 is 10.6 Å². The third kappa shape index (κ3) is 3.72. The molecule has 110 valence electrons. The number of nitrogens with zero attached hydrogens (tertiary/aromatic N) is 3. The molecular weight excluding hydrogens is 264 g/mol. The zero-order valence-electron chi connectivity index (χ0n) is 12.5. The number of hydrogen-bond donors (Lipinski definition) is 2. The molecule has 2 rings (SSSR count). The first kappa shape index (κ1) is 14.8. The van der Waals surface area contributed by atoms with Gasteiger partial charge in [0.15, 0.2) is 5.84 Å². The van der Waals surface area contributed by atoms with Gasteiger partial charge in [-0.05, 0) is 31.5 Å². The van der Waals surface area contributed by atoms with Crippen molar-refractivity contribution in [3.63, 3.8) is 0 Å². The quantitative estimate of drug-likeness (QED) is 0.391. The van der Waals surface area contributed by atoms with Crippen molar-refractivity contribution in [2.75, 3.05) is 11.9 Å². The summed E-state index contributed by atoms with van der Waals surface area (Å²) < 4.78 is 0. The van der Waals surface area contributed by atoms with Crippen LogP contribution in [0.3, 0.4) is 0 Å². The fourth-order valence-electron chi connectivity index (χ4n) is 2.10. The standard InChI is InChI=1S/C16H20N4O/c1-11-4-6-13(7-5-11)10-20(3)15-9-14(16(17)19-21)8-12(2)18-15/h4-9,21H,10H2,1-3H3,(H2,17,19). The van der Waals surface area contributed by atoms with Crippen molar-refractivity contribution in [3.8, 4) is 0 Å². The van der Waals surface area contributed by atoms with Crippen LogP contribution in [0.25, 0.3) is 0 Å². The molecule has 1 aromatic carbocycles. The van der Waals surface area contributed by atoms with Crippen LogP contribution in [0.5, 0.6) is 0 Å². The molecule has 1 heterocycles. The van der Waals surface area contributed by atoms with Gasteiger partial charge in [-0.15, -0.1) is 0 Å².